The summed E-state index contributed by atoms with van der Waals surface area (Å²) in [7, 11) is 0. The number of benzene rings is 2. The van der Waals surface area contributed by atoms with Crippen molar-refractivity contribution in [2.75, 3.05) is 0 Å². The second-order valence-corrected chi connectivity index (χ2v) is 5.51. The lowest BCUT2D eigenvalue weighted by molar-refractivity contribution is 0.0653. The van der Waals surface area contributed by atoms with Gasteiger partial charge in [-0.25, -0.2) is 4.39 Å². The number of halogens is 2. The van der Waals surface area contributed by atoms with Gasteiger partial charge in [-0.2, -0.15) is 0 Å². The van der Waals surface area contributed by atoms with Crippen LogP contribution in [-0.2, 0) is 0 Å². The van der Waals surface area contributed by atoms with Crippen LogP contribution in [0.3, 0.4) is 0 Å². The summed E-state index contributed by atoms with van der Waals surface area (Å²) < 4.78 is 20.0. The first-order valence-corrected chi connectivity index (χ1v) is 6.82. The molecule has 98 valence electrons. The van der Waals surface area contributed by atoms with Crippen molar-refractivity contribution < 1.29 is 14.2 Å². The standard InChI is InChI=1S/C15H12BrFO2/c16-10-3-1-2-9(6-10)14-8-13(18)12-5-4-11(17)7-15(12)19-14/h1-7,13-14,18H,8H2/t13-,14?/m1/s1. The second-order valence-electron chi connectivity index (χ2n) is 4.60. The Morgan fingerprint density at radius 1 is 1.21 bits per heavy atom. The Bertz CT molecular complexity index is 615. The van der Waals surface area contributed by atoms with E-state index in [4.69, 9.17) is 4.74 Å². The van der Waals surface area contributed by atoms with Crippen molar-refractivity contribution in [2.24, 2.45) is 0 Å². The highest BCUT2D eigenvalue weighted by molar-refractivity contribution is 9.10. The van der Waals surface area contributed by atoms with Crippen LogP contribution >= 0.6 is 15.9 Å². The lowest BCUT2D eigenvalue weighted by Gasteiger charge is -2.30. The van der Waals surface area contributed by atoms with Crippen molar-refractivity contribution in [1.82, 2.24) is 0 Å². The van der Waals surface area contributed by atoms with Crippen LogP contribution in [0.1, 0.15) is 29.8 Å². The van der Waals surface area contributed by atoms with Crippen molar-refractivity contribution in [3.63, 3.8) is 0 Å². The van der Waals surface area contributed by atoms with E-state index in [0.29, 0.717) is 17.7 Å². The summed E-state index contributed by atoms with van der Waals surface area (Å²) in [6, 6.07) is 12.0. The summed E-state index contributed by atoms with van der Waals surface area (Å²) in [4.78, 5) is 0. The molecular weight excluding hydrogens is 311 g/mol. The van der Waals surface area contributed by atoms with E-state index in [2.05, 4.69) is 15.9 Å². The molecule has 2 aromatic carbocycles. The van der Waals surface area contributed by atoms with E-state index < -0.39 is 6.10 Å². The molecule has 3 rings (SSSR count). The van der Waals surface area contributed by atoms with Gasteiger partial charge in [-0.1, -0.05) is 28.1 Å². The van der Waals surface area contributed by atoms with Crippen LogP contribution in [0.4, 0.5) is 4.39 Å². The Labute approximate surface area is 119 Å². The number of ether oxygens (including phenoxy) is 1. The Morgan fingerprint density at radius 2 is 2.05 bits per heavy atom. The molecule has 1 unspecified atom stereocenters. The lowest BCUT2D eigenvalue weighted by atomic mass is 9.95. The van der Waals surface area contributed by atoms with E-state index in [1.54, 1.807) is 6.07 Å². The number of rotatable bonds is 1. The van der Waals surface area contributed by atoms with Crippen molar-refractivity contribution in [3.8, 4) is 5.75 Å². The minimum atomic E-state index is -0.631. The predicted molar refractivity (Wildman–Crippen MR) is 73.5 cm³/mol. The number of aliphatic hydroxyl groups is 1. The van der Waals surface area contributed by atoms with E-state index >= 15 is 0 Å². The molecule has 19 heavy (non-hydrogen) atoms. The molecule has 0 saturated heterocycles. The van der Waals surface area contributed by atoms with Crippen molar-refractivity contribution >= 4 is 15.9 Å². The Balaban J connectivity index is 1.96. The Kier molecular flexibility index (Phi) is 3.29. The fraction of sp³-hybridized carbons (Fsp3) is 0.200. The summed E-state index contributed by atoms with van der Waals surface area (Å²) in [6.45, 7) is 0. The number of aliphatic hydroxyl groups excluding tert-OH is 1. The molecule has 1 heterocycles. The molecule has 0 bridgehead atoms. The summed E-state index contributed by atoms with van der Waals surface area (Å²) in [5.74, 6) is 0.0598. The predicted octanol–water partition coefficient (Wildman–Crippen LogP) is 4.15. The lowest BCUT2D eigenvalue weighted by Crippen LogP contribution is -2.19. The van der Waals surface area contributed by atoms with Gasteiger partial charge in [-0.05, 0) is 29.8 Å². The summed E-state index contributed by atoms with van der Waals surface area (Å²) >= 11 is 3.41. The van der Waals surface area contributed by atoms with Gasteiger partial charge < -0.3 is 9.84 Å². The van der Waals surface area contributed by atoms with Gasteiger partial charge in [0.1, 0.15) is 17.7 Å². The SMILES string of the molecule is O[C@@H]1CC(c2cccc(Br)c2)Oc2cc(F)ccc21. The fourth-order valence-corrected chi connectivity index (χ4v) is 2.74. The second kappa shape index (κ2) is 4.94. The third-order valence-electron chi connectivity index (χ3n) is 3.26. The minimum absolute atomic E-state index is 0.262. The molecule has 0 saturated carbocycles. The smallest absolute Gasteiger partial charge is 0.128 e. The first kappa shape index (κ1) is 12.6. The van der Waals surface area contributed by atoms with Crippen LogP contribution < -0.4 is 4.74 Å². The van der Waals surface area contributed by atoms with Crippen molar-refractivity contribution in [1.29, 1.82) is 0 Å². The largest absolute Gasteiger partial charge is 0.485 e. The van der Waals surface area contributed by atoms with Crippen molar-refractivity contribution in [3.05, 3.63) is 63.9 Å². The molecule has 0 aliphatic carbocycles. The van der Waals surface area contributed by atoms with Gasteiger partial charge in [0.15, 0.2) is 0 Å². The molecule has 1 aliphatic rings. The van der Waals surface area contributed by atoms with Crippen LogP contribution in [0.5, 0.6) is 5.75 Å². The molecule has 2 atom stereocenters. The maximum absolute atomic E-state index is 13.2. The van der Waals surface area contributed by atoms with Gasteiger partial charge in [-0.15, -0.1) is 0 Å². The van der Waals surface area contributed by atoms with Gasteiger partial charge in [0, 0.05) is 22.5 Å². The van der Waals surface area contributed by atoms with E-state index in [-0.39, 0.29) is 11.9 Å². The van der Waals surface area contributed by atoms with E-state index in [9.17, 15) is 9.50 Å². The zero-order valence-electron chi connectivity index (χ0n) is 10.0. The monoisotopic (exact) mass is 322 g/mol. The average Bonchev–Trinajstić information content (AvgIpc) is 2.38. The van der Waals surface area contributed by atoms with Gasteiger partial charge in [0.25, 0.3) is 0 Å². The molecule has 2 nitrogen and oxygen atoms in total. The van der Waals surface area contributed by atoms with Crippen LogP contribution in [-0.4, -0.2) is 5.11 Å². The van der Waals surface area contributed by atoms with Crippen LogP contribution in [0.15, 0.2) is 46.9 Å². The quantitative estimate of drug-likeness (QED) is 0.854. The normalized spacial score (nSPS) is 21.6. The molecule has 0 spiro atoms. The molecule has 0 radical (unpaired) electrons. The first-order chi connectivity index (χ1) is 9.13. The van der Waals surface area contributed by atoms with Gasteiger partial charge in [0.2, 0.25) is 0 Å². The van der Waals surface area contributed by atoms with Crippen molar-refractivity contribution in [2.45, 2.75) is 18.6 Å². The summed E-state index contributed by atoms with van der Waals surface area (Å²) in [5.41, 5.74) is 1.61. The van der Waals surface area contributed by atoms with Gasteiger partial charge >= 0.3 is 0 Å². The Morgan fingerprint density at radius 3 is 2.84 bits per heavy atom. The third kappa shape index (κ3) is 2.51. The van der Waals surface area contributed by atoms with E-state index in [1.807, 2.05) is 24.3 Å². The molecule has 0 fully saturated rings. The maximum atomic E-state index is 13.2. The third-order valence-corrected chi connectivity index (χ3v) is 3.75. The average molecular weight is 323 g/mol. The van der Waals surface area contributed by atoms with Gasteiger partial charge in [0.05, 0.1) is 6.10 Å². The molecule has 0 amide bonds. The Hall–Kier alpha value is -1.39. The highest BCUT2D eigenvalue weighted by Crippen LogP contribution is 2.41. The van der Waals surface area contributed by atoms with Crippen LogP contribution in [0, 0.1) is 5.82 Å². The molecule has 0 aromatic heterocycles. The molecule has 1 N–H and O–H groups in total. The van der Waals surface area contributed by atoms with E-state index in [1.165, 1.54) is 12.1 Å². The molecular formula is C15H12BrFO2. The van der Waals surface area contributed by atoms with Gasteiger partial charge in [-0.3, -0.25) is 0 Å². The van der Waals surface area contributed by atoms with E-state index in [0.717, 1.165) is 10.0 Å². The zero-order valence-corrected chi connectivity index (χ0v) is 11.6. The number of fused-ring (bicyclic) bond motifs is 1. The summed E-state index contributed by atoms with van der Waals surface area (Å²) in [6.07, 6.45) is -0.426. The fourth-order valence-electron chi connectivity index (χ4n) is 2.33. The van der Waals surface area contributed by atoms with Crippen LogP contribution in [0.2, 0.25) is 0 Å². The molecule has 4 heteroatoms. The highest BCUT2D eigenvalue weighted by Gasteiger charge is 2.28. The minimum Gasteiger partial charge on any atom is -0.485 e. The number of hydrogen-bond donors (Lipinski definition) is 1. The molecule has 1 aliphatic heterocycles. The topological polar surface area (TPSA) is 29.5 Å². The molecule has 2 aromatic rings. The highest BCUT2D eigenvalue weighted by atomic mass is 79.9. The zero-order chi connectivity index (χ0) is 13.4. The maximum Gasteiger partial charge on any atom is 0.128 e. The number of hydrogen-bond acceptors (Lipinski definition) is 2. The van der Waals surface area contributed by atoms with Crippen LogP contribution in [0.25, 0.3) is 0 Å². The first-order valence-electron chi connectivity index (χ1n) is 6.03. The summed E-state index contributed by atoms with van der Waals surface area (Å²) in [5, 5.41) is 10.1.